The minimum atomic E-state index is 0.372. The molecule has 0 atom stereocenters. The van der Waals surface area contributed by atoms with Crippen molar-refractivity contribution < 1.29 is 52.1 Å². The third kappa shape index (κ3) is 23.7. The number of hydrogen-bond acceptors (Lipinski definition) is 13. The van der Waals surface area contributed by atoms with Crippen LogP contribution < -0.4 is 15.8 Å². The van der Waals surface area contributed by atoms with E-state index in [9.17, 15) is 0 Å². The van der Waals surface area contributed by atoms with E-state index < -0.39 is 0 Å². The van der Waals surface area contributed by atoms with Crippen LogP contribution in [0.2, 0.25) is 0 Å². The Morgan fingerprint density at radius 1 is 0.477 bits per heavy atom. The molecular formula is C31H56N2O11. The second-order valence-corrected chi connectivity index (χ2v) is 9.72. The Kier molecular flexibility index (Phi) is 26.3. The van der Waals surface area contributed by atoms with E-state index in [1.54, 1.807) is 6.07 Å². The molecule has 0 aliphatic carbocycles. The van der Waals surface area contributed by atoms with Crippen LogP contribution in [0.15, 0.2) is 24.3 Å². The molecule has 1 aliphatic rings. The predicted molar refractivity (Wildman–Crippen MR) is 166 cm³/mol. The van der Waals surface area contributed by atoms with Gasteiger partial charge in [0.2, 0.25) is 0 Å². The number of nitrogen functional groups attached to an aromatic ring is 1. The smallest absolute Gasteiger partial charge is 0.142 e. The molecule has 13 heteroatoms. The van der Waals surface area contributed by atoms with Gasteiger partial charge in [-0.15, -0.1) is 0 Å². The second kappa shape index (κ2) is 30.1. The highest BCUT2D eigenvalue weighted by Crippen LogP contribution is 2.19. The SMILES string of the molecule is Nc1ccccc1OCCOCCOCCOCCOCCOCCOCCOCCOCCOCCOC1CCNCC1. The fourth-order valence-electron chi connectivity index (χ4n) is 3.92. The highest BCUT2D eigenvalue weighted by molar-refractivity contribution is 5.51. The Labute approximate surface area is 263 Å². The molecule has 0 radical (unpaired) electrons. The van der Waals surface area contributed by atoms with Gasteiger partial charge in [-0.2, -0.15) is 0 Å². The Hall–Kier alpha value is -1.62. The summed E-state index contributed by atoms with van der Waals surface area (Å²) in [5.41, 5.74) is 6.44. The average Bonchev–Trinajstić information content (AvgIpc) is 3.05. The molecule has 2 rings (SSSR count). The maximum atomic E-state index is 5.82. The summed E-state index contributed by atoms with van der Waals surface area (Å²) in [6.45, 7) is 12.6. The van der Waals surface area contributed by atoms with Crippen molar-refractivity contribution in [2.45, 2.75) is 18.9 Å². The topological polar surface area (TPSA) is 140 Å². The molecule has 1 aromatic carbocycles. The zero-order valence-corrected chi connectivity index (χ0v) is 26.4. The van der Waals surface area contributed by atoms with Gasteiger partial charge in [0.25, 0.3) is 0 Å². The van der Waals surface area contributed by atoms with Crippen LogP contribution in [0, 0.1) is 0 Å². The van der Waals surface area contributed by atoms with E-state index in [1.807, 2.05) is 18.2 Å². The van der Waals surface area contributed by atoms with Gasteiger partial charge < -0.3 is 63.2 Å². The summed E-state index contributed by atoms with van der Waals surface area (Å²) in [6, 6.07) is 7.39. The summed E-state index contributed by atoms with van der Waals surface area (Å²) in [5.74, 6) is 0.671. The molecule has 0 aromatic heterocycles. The van der Waals surface area contributed by atoms with Crippen molar-refractivity contribution in [3.05, 3.63) is 24.3 Å². The van der Waals surface area contributed by atoms with Gasteiger partial charge in [-0.1, -0.05) is 12.1 Å². The number of para-hydroxylation sites is 2. The summed E-state index contributed by atoms with van der Waals surface area (Å²) in [5, 5.41) is 3.33. The molecule has 13 nitrogen and oxygen atoms in total. The molecule has 44 heavy (non-hydrogen) atoms. The Bertz CT molecular complexity index is 744. The zero-order valence-electron chi connectivity index (χ0n) is 26.4. The van der Waals surface area contributed by atoms with Gasteiger partial charge in [0.15, 0.2) is 0 Å². The number of rotatable bonds is 32. The molecular weight excluding hydrogens is 576 g/mol. The molecule has 0 saturated carbocycles. The second-order valence-electron chi connectivity index (χ2n) is 9.72. The number of nitrogens with one attached hydrogen (secondary N) is 1. The summed E-state index contributed by atoms with van der Waals surface area (Å²) in [4.78, 5) is 0. The van der Waals surface area contributed by atoms with E-state index in [0.717, 1.165) is 25.9 Å². The largest absolute Gasteiger partial charge is 0.489 e. The highest BCUT2D eigenvalue weighted by atomic mass is 16.6. The van der Waals surface area contributed by atoms with Crippen molar-refractivity contribution in [3.63, 3.8) is 0 Å². The van der Waals surface area contributed by atoms with E-state index in [-0.39, 0.29) is 0 Å². The molecule has 0 spiro atoms. The zero-order chi connectivity index (χ0) is 31.0. The van der Waals surface area contributed by atoms with E-state index in [2.05, 4.69) is 5.32 Å². The first-order chi connectivity index (χ1) is 21.9. The van der Waals surface area contributed by atoms with Crippen LogP contribution in [-0.4, -0.2) is 151 Å². The van der Waals surface area contributed by atoms with Gasteiger partial charge in [-0.25, -0.2) is 0 Å². The predicted octanol–water partition coefficient (Wildman–Crippen LogP) is 1.57. The lowest BCUT2D eigenvalue weighted by Gasteiger charge is -2.22. The van der Waals surface area contributed by atoms with Crippen LogP contribution in [0.5, 0.6) is 5.75 Å². The standard InChI is InChI=1S/C31H56N2O11/c32-30-3-1-2-4-31(30)44-28-26-42-24-22-40-20-18-38-16-14-36-12-10-34-9-11-35-13-15-37-17-19-39-21-23-41-25-27-43-29-5-7-33-8-6-29/h1-4,29,33H,5-28,32H2. The van der Waals surface area contributed by atoms with E-state index in [1.165, 1.54) is 0 Å². The lowest BCUT2D eigenvalue weighted by Crippen LogP contribution is -2.33. The molecule has 0 amide bonds. The van der Waals surface area contributed by atoms with E-state index >= 15 is 0 Å². The average molecular weight is 633 g/mol. The number of benzene rings is 1. The Morgan fingerprint density at radius 2 is 0.818 bits per heavy atom. The number of anilines is 1. The van der Waals surface area contributed by atoms with Crippen LogP contribution in [0.25, 0.3) is 0 Å². The van der Waals surface area contributed by atoms with Gasteiger partial charge in [-0.05, 0) is 38.1 Å². The normalized spacial score (nSPS) is 13.9. The van der Waals surface area contributed by atoms with Crippen molar-refractivity contribution in [1.82, 2.24) is 5.32 Å². The van der Waals surface area contributed by atoms with Crippen LogP contribution in [0.4, 0.5) is 5.69 Å². The molecule has 256 valence electrons. The summed E-state index contributed by atoms with van der Waals surface area (Å²) >= 11 is 0. The molecule has 0 bridgehead atoms. The quantitative estimate of drug-likeness (QED) is 0.0878. The maximum absolute atomic E-state index is 5.82. The van der Waals surface area contributed by atoms with Crippen LogP contribution in [0.1, 0.15) is 12.8 Å². The van der Waals surface area contributed by atoms with E-state index in [4.69, 9.17) is 57.8 Å². The lowest BCUT2D eigenvalue weighted by atomic mass is 10.1. The molecule has 0 unspecified atom stereocenters. The van der Waals surface area contributed by atoms with Gasteiger partial charge >= 0.3 is 0 Å². The van der Waals surface area contributed by atoms with Crippen molar-refractivity contribution in [2.75, 3.05) is 151 Å². The molecule has 1 fully saturated rings. The van der Waals surface area contributed by atoms with Crippen molar-refractivity contribution in [2.24, 2.45) is 0 Å². The third-order valence-corrected chi connectivity index (χ3v) is 6.25. The summed E-state index contributed by atoms with van der Waals surface area (Å²) < 4.78 is 60.7. The van der Waals surface area contributed by atoms with Gasteiger partial charge in [-0.3, -0.25) is 0 Å². The minimum absolute atomic E-state index is 0.372. The van der Waals surface area contributed by atoms with Crippen LogP contribution in [-0.2, 0) is 47.4 Å². The van der Waals surface area contributed by atoms with Crippen molar-refractivity contribution in [1.29, 1.82) is 0 Å². The molecule has 1 heterocycles. The first kappa shape index (κ1) is 38.6. The first-order valence-electron chi connectivity index (χ1n) is 15.9. The third-order valence-electron chi connectivity index (χ3n) is 6.25. The highest BCUT2D eigenvalue weighted by Gasteiger charge is 2.12. The fourth-order valence-corrected chi connectivity index (χ4v) is 3.92. The number of ether oxygens (including phenoxy) is 11. The number of nitrogens with two attached hydrogens (primary N) is 1. The molecule has 3 N–H and O–H groups in total. The summed E-state index contributed by atoms with van der Waals surface area (Å²) in [6.07, 6.45) is 2.53. The molecule has 1 saturated heterocycles. The first-order valence-corrected chi connectivity index (χ1v) is 15.9. The van der Waals surface area contributed by atoms with Crippen molar-refractivity contribution in [3.8, 4) is 5.75 Å². The monoisotopic (exact) mass is 632 g/mol. The molecule has 1 aromatic rings. The van der Waals surface area contributed by atoms with E-state index in [0.29, 0.717) is 150 Å². The maximum Gasteiger partial charge on any atom is 0.142 e. The number of piperidine rings is 1. The number of hydrogen-bond donors (Lipinski definition) is 2. The Balaban J connectivity index is 1.14. The van der Waals surface area contributed by atoms with Gasteiger partial charge in [0.05, 0.1) is 137 Å². The molecule has 1 aliphatic heterocycles. The van der Waals surface area contributed by atoms with Crippen LogP contribution >= 0.6 is 0 Å². The minimum Gasteiger partial charge on any atom is -0.489 e. The van der Waals surface area contributed by atoms with Crippen molar-refractivity contribution >= 4 is 5.69 Å². The van der Waals surface area contributed by atoms with Gasteiger partial charge in [0.1, 0.15) is 12.4 Å². The van der Waals surface area contributed by atoms with Crippen LogP contribution in [0.3, 0.4) is 0 Å². The lowest BCUT2D eigenvalue weighted by molar-refractivity contribution is -0.0322. The Morgan fingerprint density at radius 3 is 1.20 bits per heavy atom. The summed E-state index contributed by atoms with van der Waals surface area (Å²) in [7, 11) is 0. The van der Waals surface area contributed by atoms with Gasteiger partial charge in [0, 0.05) is 0 Å². The fraction of sp³-hybridized carbons (Fsp3) is 0.806.